The van der Waals surface area contributed by atoms with Crippen molar-refractivity contribution in [2.24, 2.45) is 0 Å². The third-order valence-corrected chi connectivity index (χ3v) is 0.964. The lowest BCUT2D eigenvalue weighted by molar-refractivity contribution is 0.392. The fourth-order valence-electron chi connectivity index (χ4n) is 0.0340. The highest BCUT2D eigenvalue weighted by atomic mass is 32.2. The summed E-state index contributed by atoms with van der Waals surface area (Å²) in [4.78, 5) is 0.691. The van der Waals surface area contributed by atoms with E-state index in [1.807, 2.05) is 0 Å². The molecule has 0 aromatic rings. The maximum absolute atomic E-state index is 9.72. The summed E-state index contributed by atoms with van der Waals surface area (Å²) in [5.74, 6) is 0. The van der Waals surface area contributed by atoms with Crippen molar-refractivity contribution in [3.63, 3.8) is 0 Å². The molecule has 0 amide bonds. The molecule has 0 heterocycles. The standard InChI is InChI=1S/CH4NO4S/c1-6-7(4,5)2-3/h2H,1H3/q-1. The van der Waals surface area contributed by atoms with Gasteiger partial charge >= 0.3 is 10.3 Å². The second kappa shape index (κ2) is 2.22. The van der Waals surface area contributed by atoms with Crippen LogP contribution in [-0.2, 0) is 14.5 Å². The highest BCUT2D eigenvalue weighted by Gasteiger charge is 1.94. The first kappa shape index (κ1) is 6.83. The van der Waals surface area contributed by atoms with Gasteiger partial charge in [0.1, 0.15) is 0 Å². The third-order valence-electron chi connectivity index (χ3n) is 0.321. The van der Waals surface area contributed by atoms with E-state index in [0.29, 0.717) is 4.89 Å². The SMILES string of the molecule is COS(=O)(=O)N[O-]. The minimum atomic E-state index is -3.96. The Balaban J connectivity index is 3.89. The summed E-state index contributed by atoms with van der Waals surface area (Å²) < 4.78 is 23.1. The van der Waals surface area contributed by atoms with Crippen molar-refractivity contribution in [1.82, 2.24) is 4.89 Å². The third kappa shape index (κ3) is 2.52. The van der Waals surface area contributed by atoms with E-state index in [9.17, 15) is 13.6 Å². The molecule has 0 radical (unpaired) electrons. The van der Waals surface area contributed by atoms with Crippen LogP contribution in [0.25, 0.3) is 0 Å². The monoisotopic (exact) mass is 126 g/mol. The van der Waals surface area contributed by atoms with Crippen LogP contribution in [0, 0.1) is 5.21 Å². The minimum absolute atomic E-state index is 0.691. The van der Waals surface area contributed by atoms with Crippen molar-refractivity contribution in [3.05, 3.63) is 5.21 Å². The van der Waals surface area contributed by atoms with Crippen molar-refractivity contribution in [2.45, 2.75) is 0 Å². The molecule has 0 aliphatic carbocycles. The van der Waals surface area contributed by atoms with E-state index in [1.54, 1.807) is 0 Å². The first-order valence-electron chi connectivity index (χ1n) is 1.32. The van der Waals surface area contributed by atoms with E-state index in [4.69, 9.17) is 0 Å². The fourth-order valence-corrected chi connectivity index (χ4v) is 0.102. The first-order chi connectivity index (χ1) is 3.12. The van der Waals surface area contributed by atoms with Crippen molar-refractivity contribution in [3.8, 4) is 0 Å². The zero-order chi connectivity index (χ0) is 5.91. The number of nitrogens with one attached hydrogen (secondary N) is 1. The van der Waals surface area contributed by atoms with Crippen molar-refractivity contribution in [2.75, 3.05) is 7.11 Å². The molecule has 0 aliphatic rings. The zero-order valence-electron chi connectivity index (χ0n) is 3.54. The van der Waals surface area contributed by atoms with Crippen LogP contribution in [0.3, 0.4) is 0 Å². The normalized spacial score (nSPS) is 11.7. The lowest BCUT2D eigenvalue weighted by Crippen LogP contribution is -2.17. The summed E-state index contributed by atoms with van der Waals surface area (Å²) >= 11 is 0. The number of hydrogen-bond donors (Lipinski definition) is 1. The number of rotatable bonds is 2. The van der Waals surface area contributed by atoms with Crippen LogP contribution in [0.15, 0.2) is 0 Å². The molecule has 0 saturated carbocycles. The summed E-state index contributed by atoms with van der Waals surface area (Å²) in [6.07, 6.45) is 0. The Morgan fingerprint density at radius 3 is 2.14 bits per heavy atom. The molecule has 0 fully saturated rings. The van der Waals surface area contributed by atoms with Gasteiger partial charge in [0.25, 0.3) is 0 Å². The molecule has 0 atom stereocenters. The van der Waals surface area contributed by atoms with E-state index in [0.717, 1.165) is 7.11 Å². The minimum Gasteiger partial charge on any atom is -0.773 e. The predicted molar refractivity (Wildman–Crippen MR) is 22.4 cm³/mol. The maximum Gasteiger partial charge on any atom is 0.324 e. The van der Waals surface area contributed by atoms with Gasteiger partial charge in [-0.25, -0.2) is 0 Å². The van der Waals surface area contributed by atoms with Gasteiger partial charge in [0, 0.05) is 0 Å². The fraction of sp³-hybridized carbons (Fsp3) is 1.00. The molecule has 1 N–H and O–H groups in total. The molecule has 44 valence electrons. The van der Waals surface area contributed by atoms with Crippen LogP contribution in [0.5, 0.6) is 0 Å². The molecule has 0 saturated heterocycles. The first-order valence-corrected chi connectivity index (χ1v) is 2.72. The van der Waals surface area contributed by atoms with Gasteiger partial charge in [-0.05, 0) is 0 Å². The highest BCUT2D eigenvalue weighted by molar-refractivity contribution is 7.84. The van der Waals surface area contributed by atoms with Gasteiger partial charge in [0.15, 0.2) is 0 Å². The number of hydrogen-bond acceptors (Lipinski definition) is 4. The molecule has 0 rings (SSSR count). The Morgan fingerprint density at radius 2 is 2.14 bits per heavy atom. The topological polar surface area (TPSA) is 78.5 Å². The predicted octanol–water partition coefficient (Wildman–Crippen LogP) is -1.03. The second-order valence-electron chi connectivity index (χ2n) is 0.704. The summed E-state index contributed by atoms with van der Waals surface area (Å²) in [6, 6.07) is 0. The van der Waals surface area contributed by atoms with Gasteiger partial charge in [0.05, 0.1) is 7.11 Å². The van der Waals surface area contributed by atoms with Gasteiger partial charge in [-0.15, -0.1) is 0 Å². The maximum atomic E-state index is 9.72. The smallest absolute Gasteiger partial charge is 0.324 e. The van der Waals surface area contributed by atoms with Crippen LogP contribution in [0.4, 0.5) is 0 Å². The lowest BCUT2D eigenvalue weighted by Gasteiger charge is -2.03. The van der Waals surface area contributed by atoms with Gasteiger partial charge in [0.2, 0.25) is 0 Å². The highest BCUT2D eigenvalue weighted by Crippen LogP contribution is 1.76. The van der Waals surface area contributed by atoms with Crippen LogP contribution in [0.1, 0.15) is 0 Å². The molecule has 0 spiro atoms. The Labute approximate surface area is 41.1 Å². The quantitative estimate of drug-likeness (QED) is 0.479. The van der Waals surface area contributed by atoms with E-state index in [-0.39, 0.29) is 0 Å². The molecule has 0 aromatic carbocycles. The van der Waals surface area contributed by atoms with Gasteiger partial charge < -0.3 is 5.21 Å². The van der Waals surface area contributed by atoms with Crippen LogP contribution >= 0.6 is 0 Å². The molecule has 6 heteroatoms. The molecule has 0 aliphatic heterocycles. The van der Waals surface area contributed by atoms with E-state index in [1.165, 1.54) is 0 Å². The van der Waals surface area contributed by atoms with Crippen molar-refractivity contribution in [1.29, 1.82) is 0 Å². The van der Waals surface area contributed by atoms with Crippen LogP contribution < -0.4 is 4.89 Å². The average molecular weight is 126 g/mol. The molecular weight excluding hydrogens is 122 g/mol. The second-order valence-corrected chi connectivity index (χ2v) is 2.11. The van der Waals surface area contributed by atoms with Gasteiger partial charge in [-0.3, -0.25) is 9.07 Å². The molecule has 0 bridgehead atoms. The van der Waals surface area contributed by atoms with E-state index < -0.39 is 10.3 Å². The van der Waals surface area contributed by atoms with Crippen molar-refractivity contribution < 1.29 is 12.6 Å². The Bertz CT molecular complexity index is 115. The Morgan fingerprint density at radius 1 is 1.71 bits per heavy atom. The van der Waals surface area contributed by atoms with Crippen molar-refractivity contribution >= 4 is 10.3 Å². The van der Waals surface area contributed by atoms with Gasteiger partial charge in [-0.1, -0.05) is 0 Å². The molecule has 5 nitrogen and oxygen atoms in total. The summed E-state index contributed by atoms with van der Waals surface area (Å²) in [7, 11) is -3.07. The Hall–Kier alpha value is -0.170. The Kier molecular flexibility index (Phi) is 2.16. The largest absolute Gasteiger partial charge is 0.773 e. The van der Waals surface area contributed by atoms with Crippen LogP contribution in [0.2, 0.25) is 0 Å². The molecule has 7 heavy (non-hydrogen) atoms. The summed E-state index contributed by atoms with van der Waals surface area (Å²) in [6.45, 7) is 0. The van der Waals surface area contributed by atoms with E-state index in [2.05, 4.69) is 4.18 Å². The molecule has 0 unspecified atom stereocenters. The average Bonchev–Trinajstić information content (AvgIpc) is 1.68. The molecular formula is CH4NO4S-. The summed E-state index contributed by atoms with van der Waals surface area (Å²) in [5, 5.41) is 9.22. The summed E-state index contributed by atoms with van der Waals surface area (Å²) in [5.41, 5.74) is 0. The molecule has 0 aromatic heterocycles. The zero-order valence-corrected chi connectivity index (χ0v) is 4.36. The van der Waals surface area contributed by atoms with Crippen LogP contribution in [-0.4, -0.2) is 15.5 Å². The van der Waals surface area contributed by atoms with E-state index >= 15 is 0 Å². The van der Waals surface area contributed by atoms with Gasteiger partial charge in [-0.2, -0.15) is 8.42 Å². The lowest BCUT2D eigenvalue weighted by atomic mass is 11.8.